The Kier molecular flexibility index (Phi) is 4.93. The van der Waals surface area contributed by atoms with E-state index in [-0.39, 0.29) is 32.6 Å². The number of carbonyl (C=O) groups is 1. The van der Waals surface area contributed by atoms with Crippen molar-refractivity contribution in [3.8, 4) is 11.3 Å². The van der Waals surface area contributed by atoms with Gasteiger partial charge in [0.15, 0.2) is 20.8 Å². The van der Waals surface area contributed by atoms with E-state index in [0.717, 1.165) is 6.26 Å². The van der Waals surface area contributed by atoms with Gasteiger partial charge >= 0.3 is 0 Å². The Labute approximate surface area is 171 Å². The van der Waals surface area contributed by atoms with Crippen LogP contribution >= 0.6 is 0 Å². The van der Waals surface area contributed by atoms with Crippen molar-refractivity contribution in [3.05, 3.63) is 88.7 Å². The number of carbonyl (C=O) groups excluding carboxylic acids is 1. The molecule has 0 atom stereocenters. The maximum Gasteiger partial charge on any atom is 0.260 e. The maximum atomic E-state index is 12.8. The van der Waals surface area contributed by atoms with Gasteiger partial charge in [0.2, 0.25) is 0 Å². The number of nitrogens with zero attached hydrogens (tertiary/aromatic N) is 1. The molecule has 30 heavy (non-hydrogen) atoms. The number of amides is 1. The molecule has 0 bridgehead atoms. The number of nitrogens with one attached hydrogen (secondary N) is 1. The third-order valence-electron chi connectivity index (χ3n) is 4.45. The molecule has 0 aliphatic rings. The van der Waals surface area contributed by atoms with Gasteiger partial charge in [-0.1, -0.05) is 24.3 Å². The summed E-state index contributed by atoms with van der Waals surface area (Å²) in [4.78, 5) is 29.6. The van der Waals surface area contributed by atoms with Crippen LogP contribution in [0.2, 0.25) is 0 Å². The van der Waals surface area contributed by atoms with Gasteiger partial charge in [-0.05, 0) is 36.4 Å². The third-order valence-corrected chi connectivity index (χ3v) is 5.56. The predicted molar refractivity (Wildman–Crippen MR) is 113 cm³/mol. The smallest absolute Gasteiger partial charge is 0.260 e. The third kappa shape index (κ3) is 3.85. The highest BCUT2D eigenvalue weighted by molar-refractivity contribution is 7.90. The number of anilines is 1. The van der Waals surface area contributed by atoms with Gasteiger partial charge in [0.25, 0.3) is 5.91 Å². The number of hydrogen-bond donors (Lipinski definition) is 1. The van der Waals surface area contributed by atoms with Crippen LogP contribution in [0, 0.1) is 0 Å². The largest absolute Gasteiger partial charge is 0.455 e. The lowest BCUT2D eigenvalue weighted by molar-refractivity contribution is 0.102. The molecule has 4 aromatic rings. The van der Waals surface area contributed by atoms with Crippen LogP contribution in [-0.4, -0.2) is 25.6 Å². The molecule has 0 aliphatic heterocycles. The number of aromatic nitrogens is 1. The predicted octanol–water partition coefficient (Wildman–Crippen LogP) is 3.51. The van der Waals surface area contributed by atoms with Crippen LogP contribution in [-0.2, 0) is 9.84 Å². The van der Waals surface area contributed by atoms with Gasteiger partial charge in [-0.2, -0.15) is 0 Å². The van der Waals surface area contributed by atoms with Crippen molar-refractivity contribution in [3.63, 3.8) is 0 Å². The molecular weight excluding hydrogens is 404 g/mol. The van der Waals surface area contributed by atoms with E-state index in [1.165, 1.54) is 18.2 Å². The molecule has 1 N–H and O–H groups in total. The van der Waals surface area contributed by atoms with Gasteiger partial charge in [0.1, 0.15) is 11.6 Å². The van der Waals surface area contributed by atoms with Gasteiger partial charge in [0.05, 0.1) is 15.8 Å². The Hall–Kier alpha value is -3.78. The Morgan fingerprint density at radius 2 is 1.80 bits per heavy atom. The zero-order valence-corrected chi connectivity index (χ0v) is 16.6. The van der Waals surface area contributed by atoms with Crippen molar-refractivity contribution < 1.29 is 17.6 Å². The lowest BCUT2D eigenvalue weighted by Crippen LogP contribution is -2.14. The molecule has 2 heterocycles. The molecule has 0 unspecified atom stereocenters. The summed E-state index contributed by atoms with van der Waals surface area (Å²) < 4.78 is 29.6. The summed E-state index contributed by atoms with van der Waals surface area (Å²) >= 11 is 0. The molecule has 0 aliphatic carbocycles. The SMILES string of the molecule is CS(=O)(=O)c1cccc(-c2cc(=O)c3cccc(C(=O)Nc4ccccn4)c3o2)c1. The Balaban J connectivity index is 1.84. The topological polar surface area (TPSA) is 106 Å². The average Bonchev–Trinajstić information content (AvgIpc) is 2.73. The van der Waals surface area contributed by atoms with Crippen LogP contribution in [0.5, 0.6) is 0 Å². The summed E-state index contributed by atoms with van der Waals surface area (Å²) in [7, 11) is -3.43. The number of fused-ring (bicyclic) bond motifs is 1. The van der Waals surface area contributed by atoms with Crippen molar-refractivity contribution in [1.29, 1.82) is 0 Å². The zero-order chi connectivity index (χ0) is 21.3. The van der Waals surface area contributed by atoms with Gasteiger partial charge < -0.3 is 9.73 Å². The molecule has 0 radical (unpaired) electrons. The van der Waals surface area contributed by atoms with Crippen LogP contribution in [0.25, 0.3) is 22.3 Å². The number of para-hydroxylation sites is 1. The summed E-state index contributed by atoms with van der Waals surface area (Å²) in [6.07, 6.45) is 2.65. The van der Waals surface area contributed by atoms with E-state index in [4.69, 9.17) is 4.42 Å². The lowest BCUT2D eigenvalue weighted by atomic mass is 10.1. The number of rotatable bonds is 4. The van der Waals surface area contributed by atoms with E-state index in [2.05, 4.69) is 10.3 Å². The minimum Gasteiger partial charge on any atom is -0.455 e. The number of hydrogen-bond acceptors (Lipinski definition) is 6. The van der Waals surface area contributed by atoms with Crippen LogP contribution in [0.1, 0.15) is 10.4 Å². The highest BCUT2D eigenvalue weighted by atomic mass is 32.2. The first-order chi connectivity index (χ1) is 14.3. The first kappa shape index (κ1) is 19.5. The Bertz CT molecular complexity index is 1430. The Morgan fingerprint density at radius 1 is 1.00 bits per heavy atom. The zero-order valence-electron chi connectivity index (χ0n) is 15.8. The molecule has 7 nitrogen and oxygen atoms in total. The normalized spacial score (nSPS) is 11.4. The molecule has 0 fully saturated rings. The van der Waals surface area contributed by atoms with Crippen LogP contribution in [0.15, 0.2) is 87.0 Å². The fourth-order valence-electron chi connectivity index (χ4n) is 3.00. The minimum atomic E-state index is -3.43. The van der Waals surface area contributed by atoms with Crippen LogP contribution in [0.3, 0.4) is 0 Å². The second kappa shape index (κ2) is 7.57. The first-order valence-corrected chi connectivity index (χ1v) is 10.8. The standard InChI is InChI=1S/C22H16N2O5S/c1-30(27,28)15-7-4-6-14(12-15)19-13-18(25)16-8-5-9-17(21(16)29-19)22(26)24-20-10-2-3-11-23-20/h2-13H,1H3,(H,23,24,26). The molecule has 150 valence electrons. The van der Waals surface area contributed by atoms with Gasteiger partial charge in [0, 0.05) is 24.1 Å². The van der Waals surface area contributed by atoms with E-state index in [1.807, 2.05) is 0 Å². The van der Waals surface area contributed by atoms with Crippen molar-refractivity contribution >= 4 is 32.5 Å². The highest BCUT2D eigenvalue weighted by Crippen LogP contribution is 2.26. The fraction of sp³-hybridized carbons (Fsp3) is 0.0455. The van der Waals surface area contributed by atoms with Crippen molar-refractivity contribution in [2.45, 2.75) is 4.90 Å². The number of benzene rings is 2. The quantitative estimate of drug-likeness (QED) is 0.541. The van der Waals surface area contributed by atoms with E-state index in [1.54, 1.807) is 54.7 Å². The van der Waals surface area contributed by atoms with Gasteiger partial charge in [-0.3, -0.25) is 9.59 Å². The van der Waals surface area contributed by atoms with Crippen LogP contribution < -0.4 is 10.7 Å². The van der Waals surface area contributed by atoms with Crippen molar-refractivity contribution in [1.82, 2.24) is 4.98 Å². The van der Waals surface area contributed by atoms with Gasteiger partial charge in [-0.15, -0.1) is 0 Å². The molecule has 4 rings (SSSR count). The summed E-state index contributed by atoms with van der Waals surface area (Å²) in [5.74, 6) is 0.0411. The van der Waals surface area contributed by atoms with Crippen molar-refractivity contribution in [2.24, 2.45) is 0 Å². The summed E-state index contributed by atoms with van der Waals surface area (Å²) in [5, 5.41) is 2.91. The van der Waals surface area contributed by atoms with Gasteiger partial charge in [-0.25, -0.2) is 13.4 Å². The van der Waals surface area contributed by atoms with E-state index in [9.17, 15) is 18.0 Å². The molecule has 2 aromatic carbocycles. The summed E-state index contributed by atoms with van der Waals surface area (Å²) in [6.45, 7) is 0. The molecular formula is C22H16N2O5S. The first-order valence-electron chi connectivity index (χ1n) is 8.93. The molecule has 0 spiro atoms. The summed E-state index contributed by atoms with van der Waals surface area (Å²) in [5.41, 5.74) is 0.343. The number of pyridine rings is 1. The second-order valence-electron chi connectivity index (χ2n) is 6.63. The van der Waals surface area contributed by atoms with E-state index >= 15 is 0 Å². The highest BCUT2D eigenvalue weighted by Gasteiger charge is 2.17. The summed E-state index contributed by atoms with van der Waals surface area (Å²) in [6, 6.07) is 17.2. The van der Waals surface area contributed by atoms with Crippen molar-refractivity contribution in [2.75, 3.05) is 11.6 Å². The molecule has 0 saturated heterocycles. The van der Waals surface area contributed by atoms with Crippen LogP contribution in [0.4, 0.5) is 5.82 Å². The molecule has 2 aromatic heterocycles. The Morgan fingerprint density at radius 3 is 2.53 bits per heavy atom. The second-order valence-corrected chi connectivity index (χ2v) is 8.64. The fourth-order valence-corrected chi connectivity index (χ4v) is 3.67. The minimum absolute atomic E-state index is 0.101. The molecule has 8 heteroatoms. The average molecular weight is 420 g/mol. The maximum absolute atomic E-state index is 12.8. The monoisotopic (exact) mass is 420 g/mol. The van der Waals surface area contributed by atoms with E-state index in [0.29, 0.717) is 11.4 Å². The molecule has 1 amide bonds. The lowest BCUT2D eigenvalue weighted by Gasteiger charge is -2.09. The molecule has 0 saturated carbocycles. The van der Waals surface area contributed by atoms with E-state index < -0.39 is 15.7 Å². The number of sulfone groups is 1.